The van der Waals surface area contributed by atoms with Crippen LogP contribution in [0.15, 0.2) is 18.2 Å². The van der Waals surface area contributed by atoms with Gasteiger partial charge in [-0.3, -0.25) is 0 Å². The molecule has 1 aliphatic rings. The molecule has 0 saturated carbocycles. The minimum Gasteiger partial charge on any atom is -0.444 e. The van der Waals surface area contributed by atoms with Crippen molar-refractivity contribution in [2.24, 2.45) is 0 Å². The van der Waals surface area contributed by atoms with E-state index in [4.69, 9.17) is 4.74 Å². The second kappa shape index (κ2) is 8.02. The molecule has 2 rings (SSSR count). The van der Waals surface area contributed by atoms with Gasteiger partial charge in [0, 0.05) is 32.7 Å². The Bertz CT molecular complexity index is 610. The molecular weight excluding hydrogens is 304 g/mol. The normalized spacial score (nSPS) is 14.8. The van der Waals surface area contributed by atoms with Gasteiger partial charge in [-0.15, -0.1) is 0 Å². The summed E-state index contributed by atoms with van der Waals surface area (Å²) < 4.78 is 5.25. The Morgan fingerprint density at radius 3 is 2.71 bits per heavy atom. The molecule has 0 radical (unpaired) electrons. The van der Waals surface area contributed by atoms with Crippen LogP contribution in [0.4, 0.5) is 10.5 Å². The van der Waals surface area contributed by atoms with E-state index in [9.17, 15) is 10.1 Å². The zero-order chi connectivity index (χ0) is 17.6. The molecule has 6 heteroatoms. The van der Waals surface area contributed by atoms with Crippen LogP contribution in [0.2, 0.25) is 0 Å². The Morgan fingerprint density at radius 1 is 1.38 bits per heavy atom. The number of hydrogen-bond donors (Lipinski definition) is 2. The van der Waals surface area contributed by atoms with Crippen LogP contribution in [0.1, 0.15) is 31.9 Å². The van der Waals surface area contributed by atoms with E-state index in [0.29, 0.717) is 18.5 Å². The van der Waals surface area contributed by atoms with Crippen molar-refractivity contribution in [3.8, 4) is 6.07 Å². The Morgan fingerprint density at radius 2 is 2.08 bits per heavy atom. The summed E-state index contributed by atoms with van der Waals surface area (Å²) in [7, 11) is 0. The summed E-state index contributed by atoms with van der Waals surface area (Å²) in [6, 6.07) is 8.06. The fourth-order valence-electron chi connectivity index (χ4n) is 2.76. The van der Waals surface area contributed by atoms with Gasteiger partial charge in [-0.05, 0) is 38.8 Å². The van der Waals surface area contributed by atoms with E-state index in [1.165, 1.54) is 0 Å². The maximum atomic E-state index is 11.8. The number of amides is 1. The maximum absolute atomic E-state index is 11.8. The van der Waals surface area contributed by atoms with Crippen molar-refractivity contribution in [3.05, 3.63) is 29.3 Å². The first-order valence-corrected chi connectivity index (χ1v) is 8.35. The summed E-state index contributed by atoms with van der Waals surface area (Å²) in [4.78, 5) is 14.0. The summed E-state index contributed by atoms with van der Waals surface area (Å²) in [6.07, 6.45) is 0.247. The number of anilines is 1. The molecule has 1 aromatic carbocycles. The summed E-state index contributed by atoms with van der Waals surface area (Å²) in [6.45, 7) is 9.58. The number of alkyl carbamates (subject to hydrolysis) is 1. The van der Waals surface area contributed by atoms with Crippen molar-refractivity contribution in [1.82, 2.24) is 10.6 Å². The molecule has 0 unspecified atom stereocenters. The maximum Gasteiger partial charge on any atom is 0.407 e. The van der Waals surface area contributed by atoms with Gasteiger partial charge in [0.05, 0.1) is 11.3 Å². The highest BCUT2D eigenvalue weighted by molar-refractivity contribution is 5.68. The van der Waals surface area contributed by atoms with Gasteiger partial charge in [-0.25, -0.2) is 4.79 Å². The van der Waals surface area contributed by atoms with Crippen LogP contribution < -0.4 is 15.5 Å². The SMILES string of the molecule is CC(C)(C)OC(=O)NCCc1cccc(C#N)c1N1CCNCC1. The van der Waals surface area contributed by atoms with Crippen molar-refractivity contribution in [1.29, 1.82) is 5.26 Å². The highest BCUT2D eigenvalue weighted by Crippen LogP contribution is 2.26. The Balaban J connectivity index is 2.04. The zero-order valence-electron chi connectivity index (χ0n) is 14.7. The first-order chi connectivity index (χ1) is 11.4. The van der Waals surface area contributed by atoms with E-state index in [1.807, 2.05) is 39.0 Å². The van der Waals surface area contributed by atoms with Crippen molar-refractivity contribution in [2.75, 3.05) is 37.6 Å². The number of piperazine rings is 1. The molecule has 0 aromatic heterocycles. The molecule has 1 fully saturated rings. The van der Waals surface area contributed by atoms with E-state index < -0.39 is 11.7 Å². The predicted octanol–water partition coefficient (Wildman–Crippen LogP) is 2.04. The lowest BCUT2D eigenvalue weighted by molar-refractivity contribution is 0.0528. The lowest BCUT2D eigenvalue weighted by atomic mass is 10.0. The number of nitrogens with one attached hydrogen (secondary N) is 2. The average molecular weight is 330 g/mol. The summed E-state index contributed by atoms with van der Waals surface area (Å²) >= 11 is 0. The zero-order valence-corrected chi connectivity index (χ0v) is 14.7. The first kappa shape index (κ1) is 18.1. The number of para-hydroxylation sites is 1. The van der Waals surface area contributed by atoms with Crippen molar-refractivity contribution in [3.63, 3.8) is 0 Å². The van der Waals surface area contributed by atoms with Gasteiger partial charge < -0.3 is 20.3 Å². The fourth-order valence-corrected chi connectivity index (χ4v) is 2.76. The fraction of sp³-hybridized carbons (Fsp3) is 0.556. The highest BCUT2D eigenvalue weighted by Gasteiger charge is 2.19. The molecule has 1 amide bonds. The third-order valence-electron chi connectivity index (χ3n) is 3.74. The Hall–Kier alpha value is -2.26. The number of carbonyl (C=O) groups excluding carboxylic acids is 1. The number of rotatable bonds is 4. The second-order valence-electron chi connectivity index (χ2n) is 6.84. The van der Waals surface area contributed by atoms with E-state index in [1.54, 1.807) is 0 Å². The molecule has 0 aliphatic carbocycles. The van der Waals surface area contributed by atoms with E-state index in [-0.39, 0.29) is 0 Å². The quantitative estimate of drug-likeness (QED) is 0.883. The Kier molecular flexibility index (Phi) is 6.04. The van der Waals surface area contributed by atoms with Crippen molar-refractivity contribution >= 4 is 11.8 Å². The van der Waals surface area contributed by atoms with Crippen LogP contribution >= 0.6 is 0 Å². The van der Waals surface area contributed by atoms with Gasteiger partial charge >= 0.3 is 6.09 Å². The molecular formula is C18H26N4O2. The number of carbonyl (C=O) groups is 1. The van der Waals surface area contributed by atoms with Gasteiger partial charge in [-0.2, -0.15) is 5.26 Å². The van der Waals surface area contributed by atoms with Gasteiger partial charge in [0.1, 0.15) is 11.7 Å². The molecule has 6 nitrogen and oxygen atoms in total. The number of hydrogen-bond acceptors (Lipinski definition) is 5. The van der Waals surface area contributed by atoms with Crippen LogP contribution in [-0.2, 0) is 11.2 Å². The van der Waals surface area contributed by atoms with E-state index in [0.717, 1.165) is 37.4 Å². The smallest absolute Gasteiger partial charge is 0.407 e. The molecule has 0 spiro atoms. The summed E-state index contributed by atoms with van der Waals surface area (Å²) in [5.41, 5.74) is 2.25. The van der Waals surface area contributed by atoms with Crippen LogP contribution in [0.25, 0.3) is 0 Å². The van der Waals surface area contributed by atoms with E-state index >= 15 is 0 Å². The minimum atomic E-state index is -0.503. The standard InChI is InChI=1S/C18H26N4O2/c1-18(2,3)24-17(23)21-8-7-14-5-4-6-15(13-19)16(14)22-11-9-20-10-12-22/h4-6,20H,7-12H2,1-3H3,(H,21,23). The molecule has 2 N–H and O–H groups in total. The lowest BCUT2D eigenvalue weighted by Gasteiger charge is -2.32. The van der Waals surface area contributed by atoms with Gasteiger partial charge in [0.25, 0.3) is 0 Å². The Labute approximate surface area is 143 Å². The molecule has 1 saturated heterocycles. The van der Waals surface area contributed by atoms with Crippen LogP contribution in [0.5, 0.6) is 0 Å². The lowest BCUT2D eigenvalue weighted by Crippen LogP contribution is -2.44. The number of benzene rings is 1. The molecule has 0 atom stereocenters. The molecule has 24 heavy (non-hydrogen) atoms. The number of nitrogens with zero attached hydrogens (tertiary/aromatic N) is 2. The highest BCUT2D eigenvalue weighted by atomic mass is 16.6. The van der Waals surface area contributed by atoms with Crippen LogP contribution in [0.3, 0.4) is 0 Å². The monoisotopic (exact) mass is 330 g/mol. The average Bonchev–Trinajstić information content (AvgIpc) is 2.53. The van der Waals surface area contributed by atoms with Crippen LogP contribution in [-0.4, -0.2) is 44.4 Å². The van der Waals surface area contributed by atoms with E-state index in [2.05, 4.69) is 21.6 Å². The van der Waals surface area contributed by atoms with Gasteiger partial charge in [0.15, 0.2) is 0 Å². The third-order valence-corrected chi connectivity index (χ3v) is 3.74. The minimum absolute atomic E-state index is 0.414. The topological polar surface area (TPSA) is 77.4 Å². The largest absolute Gasteiger partial charge is 0.444 e. The second-order valence-corrected chi connectivity index (χ2v) is 6.84. The molecule has 1 heterocycles. The van der Waals surface area contributed by atoms with Crippen molar-refractivity contribution < 1.29 is 9.53 Å². The number of ether oxygens (including phenoxy) is 1. The van der Waals surface area contributed by atoms with Crippen molar-refractivity contribution in [2.45, 2.75) is 32.8 Å². The summed E-state index contributed by atoms with van der Waals surface area (Å²) in [5.74, 6) is 0. The predicted molar refractivity (Wildman–Crippen MR) is 94.2 cm³/mol. The molecule has 0 bridgehead atoms. The van der Waals surface area contributed by atoms with Gasteiger partial charge in [-0.1, -0.05) is 12.1 Å². The molecule has 1 aromatic rings. The van der Waals surface area contributed by atoms with Gasteiger partial charge in [0.2, 0.25) is 0 Å². The number of nitriles is 1. The molecule has 130 valence electrons. The van der Waals surface area contributed by atoms with Crippen LogP contribution in [0, 0.1) is 11.3 Å². The molecule has 1 aliphatic heterocycles. The third kappa shape index (κ3) is 5.14. The summed E-state index contributed by atoms with van der Waals surface area (Å²) in [5, 5.41) is 15.5. The first-order valence-electron chi connectivity index (χ1n) is 8.35.